The lowest BCUT2D eigenvalue weighted by Crippen LogP contribution is -2.27. The van der Waals surface area contributed by atoms with Crippen molar-refractivity contribution in [2.45, 2.75) is 18.6 Å². The Balaban J connectivity index is 1.24. The molecule has 0 spiro atoms. The third-order valence-electron chi connectivity index (χ3n) is 6.76. The number of rotatable bonds is 6. The van der Waals surface area contributed by atoms with Crippen molar-refractivity contribution in [1.29, 1.82) is 0 Å². The van der Waals surface area contributed by atoms with Crippen LogP contribution >= 0.6 is 0 Å². The van der Waals surface area contributed by atoms with Crippen LogP contribution in [0.2, 0.25) is 0 Å². The van der Waals surface area contributed by atoms with Gasteiger partial charge in [0.15, 0.2) is 15.7 Å². The molecular formula is C26H26N8O3S. The second-order valence-corrected chi connectivity index (χ2v) is 11.9. The number of hydrogen-bond donors (Lipinski definition) is 1. The topological polar surface area (TPSA) is 128 Å². The van der Waals surface area contributed by atoms with Crippen LogP contribution in [0.4, 0.5) is 17.5 Å². The Morgan fingerprint density at radius 2 is 1.92 bits per heavy atom. The van der Waals surface area contributed by atoms with Gasteiger partial charge in [-0.15, -0.1) is 0 Å². The van der Waals surface area contributed by atoms with E-state index < -0.39 is 15.1 Å². The van der Waals surface area contributed by atoms with Crippen LogP contribution in [-0.2, 0) is 16.9 Å². The standard InChI is InChI=1S/C26H26N8O3S/c1-16-10-17(4-7-23(16)37-18-5-6-22-20(11-18)30-15-33(22)2)31-25-24-21(28-14-29-25)12-27-26(32-24)34-9-8-19(13-34)38(3,35)36/h4-7,10-12,14-15,19H,8-9,13H2,1-3H3,(H,28,29,31). The number of ether oxygens (including phenoxy) is 1. The Kier molecular flexibility index (Phi) is 5.83. The molecule has 12 heteroatoms. The van der Waals surface area contributed by atoms with E-state index in [1.165, 1.54) is 12.6 Å². The number of anilines is 3. The van der Waals surface area contributed by atoms with Gasteiger partial charge in [0, 0.05) is 38.1 Å². The van der Waals surface area contributed by atoms with Gasteiger partial charge in [0.2, 0.25) is 5.95 Å². The minimum atomic E-state index is -3.12. The average molecular weight is 531 g/mol. The van der Waals surface area contributed by atoms with E-state index in [0.29, 0.717) is 48.1 Å². The first-order chi connectivity index (χ1) is 18.2. The van der Waals surface area contributed by atoms with E-state index in [2.05, 4.69) is 25.3 Å². The summed E-state index contributed by atoms with van der Waals surface area (Å²) >= 11 is 0. The largest absolute Gasteiger partial charge is 0.457 e. The SMILES string of the molecule is Cc1cc(Nc2ncnc3cnc(N4CCC(S(C)(=O)=O)C4)nc23)ccc1Oc1ccc2c(c1)ncn2C. The molecule has 6 rings (SSSR count). The molecule has 1 unspecified atom stereocenters. The number of aryl methyl sites for hydroxylation is 2. The smallest absolute Gasteiger partial charge is 0.226 e. The zero-order valence-electron chi connectivity index (χ0n) is 21.2. The van der Waals surface area contributed by atoms with Crippen LogP contribution in [0.15, 0.2) is 55.2 Å². The Hall–Kier alpha value is -4.32. The quantitative estimate of drug-likeness (QED) is 0.346. The normalized spacial score (nSPS) is 15.9. The molecular weight excluding hydrogens is 504 g/mol. The van der Waals surface area contributed by atoms with Gasteiger partial charge in [-0.25, -0.2) is 33.3 Å². The van der Waals surface area contributed by atoms with Crippen molar-refractivity contribution in [3.63, 3.8) is 0 Å². The fourth-order valence-electron chi connectivity index (χ4n) is 4.63. The van der Waals surface area contributed by atoms with Crippen molar-refractivity contribution < 1.29 is 13.2 Å². The molecule has 0 bridgehead atoms. The Morgan fingerprint density at radius 3 is 2.71 bits per heavy atom. The van der Waals surface area contributed by atoms with Gasteiger partial charge in [-0.3, -0.25) is 0 Å². The fraction of sp³-hybridized carbons (Fsp3) is 0.269. The van der Waals surface area contributed by atoms with Gasteiger partial charge in [0.1, 0.15) is 28.9 Å². The lowest BCUT2D eigenvalue weighted by Gasteiger charge is -2.17. The first-order valence-electron chi connectivity index (χ1n) is 12.1. The van der Waals surface area contributed by atoms with Crippen LogP contribution in [-0.4, -0.2) is 62.5 Å². The van der Waals surface area contributed by atoms with Crippen molar-refractivity contribution in [2.75, 3.05) is 29.6 Å². The highest BCUT2D eigenvalue weighted by Crippen LogP contribution is 2.31. The molecule has 5 aromatic rings. The van der Waals surface area contributed by atoms with Gasteiger partial charge in [-0.2, -0.15) is 0 Å². The second-order valence-electron chi connectivity index (χ2n) is 9.53. The first kappa shape index (κ1) is 24.0. The fourth-order valence-corrected chi connectivity index (χ4v) is 5.62. The van der Waals surface area contributed by atoms with Crippen LogP contribution in [0.5, 0.6) is 11.5 Å². The summed E-state index contributed by atoms with van der Waals surface area (Å²) in [6.45, 7) is 2.92. The maximum Gasteiger partial charge on any atom is 0.226 e. The predicted octanol–water partition coefficient (Wildman–Crippen LogP) is 3.77. The lowest BCUT2D eigenvalue weighted by molar-refractivity contribution is 0.479. The maximum absolute atomic E-state index is 12.0. The molecule has 0 radical (unpaired) electrons. The molecule has 0 saturated carbocycles. The minimum absolute atomic E-state index is 0.370. The highest BCUT2D eigenvalue weighted by Gasteiger charge is 2.31. The monoisotopic (exact) mass is 530 g/mol. The molecule has 11 nitrogen and oxygen atoms in total. The van der Waals surface area contributed by atoms with Gasteiger partial charge in [0.05, 0.1) is 28.8 Å². The number of imidazole rings is 1. The number of benzene rings is 2. The molecule has 0 aliphatic carbocycles. The lowest BCUT2D eigenvalue weighted by atomic mass is 10.2. The van der Waals surface area contributed by atoms with Gasteiger partial charge in [-0.1, -0.05) is 0 Å². The number of hydrogen-bond acceptors (Lipinski definition) is 10. The van der Waals surface area contributed by atoms with Crippen molar-refractivity contribution >= 4 is 49.4 Å². The summed E-state index contributed by atoms with van der Waals surface area (Å²) < 4.78 is 32.1. The van der Waals surface area contributed by atoms with E-state index in [1.54, 1.807) is 12.5 Å². The van der Waals surface area contributed by atoms with Gasteiger partial charge in [-0.05, 0) is 49.2 Å². The van der Waals surface area contributed by atoms with E-state index in [1.807, 2.05) is 59.8 Å². The summed E-state index contributed by atoms with van der Waals surface area (Å²) in [4.78, 5) is 24.1. The number of aromatic nitrogens is 6. The minimum Gasteiger partial charge on any atom is -0.457 e. The van der Waals surface area contributed by atoms with Crippen LogP contribution in [0.1, 0.15) is 12.0 Å². The van der Waals surface area contributed by atoms with E-state index in [9.17, 15) is 8.42 Å². The van der Waals surface area contributed by atoms with E-state index in [4.69, 9.17) is 9.72 Å². The zero-order valence-corrected chi connectivity index (χ0v) is 22.0. The summed E-state index contributed by atoms with van der Waals surface area (Å²) in [7, 11) is -1.16. The van der Waals surface area contributed by atoms with Crippen molar-refractivity contribution in [1.82, 2.24) is 29.5 Å². The Labute approximate surface area is 219 Å². The van der Waals surface area contributed by atoms with Crippen molar-refractivity contribution in [3.8, 4) is 11.5 Å². The number of sulfone groups is 1. The molecule has 1 atom stereocenters. The second kappa shape index (κ2) is 9.21. The highest BCUT2D eigenvalue weighted by atomic mass is 32.2. The van der Waals surface area contributed by atoms with Gasteiger partial charge in [0.25, 0.3) is 0 Å². The summed E-state index contributed by atoms with van der Waals surface area (Å²) in [5.41, 5.74) is 4.81. The molecule has 4 heterocycles. The molecule has 2 aromatic carbocycles. The molecule has 1 saturated heterocycles. The zero-order chi connectivity index (χ0) is 26.4. The maximum atomic E-state index is 12.0. The Bertz CT molecular complexity index is 1790. The molecule has 1 aliphatic rings. The molecule has 0 amide bonds. The van der Waals surface area contributed by atoms with Gasteiger partial charge >= 0.3 is 0 Å². The molecule has 1 N–H and O–H groups in total. The molecule has 38 heavy (non-hydrogen) atoms. The van der Waals surface area contributed by atoms with Crippen LogP contribution < -0.4 is 15.0 Å². The van der Waals surface area contributed by atoms with Crippen LogP contribution in [0, 0.1) is 6.92 Å². The number of nitrogens with zero attached hydrogens (tertiary/aromatic N) is 7. The molecule has 1 aliphatic heterocycles. The van der Waals surface area contributed by atoms with Crippen LogP contribution in [0.3, 0.4) is 0 Å². The third kappa shape index (κ3) is 4.58. The van der Waals surface area contributed by atoms with Crippen molar-refractivity contribution in [2.24, 2.45) is 7.05 Å². The first-order valence-corrected chi connectivity index (χ1v) is 14.1. The summed E-state index contributed by atoms with van der Waals surface area (Å²) in [6.07, 6.45) is 6.71. The van der Waals surface area contributed by atoms with E-state index in [0.717, 1.165) is 28.0 Å². The van der Waals surface area contributed by atoms with E-state index in [-0.39, 0.29) is 0 Å². The Morgan fingerprint density at radius 1 is 1.05 bits per heavy atom. The summed E-state index contributed by atoms with van der Waals surface area (Å²) in [6, 6.07) is 11.6. The van der Waals surface area contributed by atoms with E-state index >= 15 is 0 Å². The molecule has 3 aromatic heterocycles. The van der Waals surface area contributed by atoms with Gasteiger partial charge < -0.3 is 19.5 Å². The summed E-state index contributed by atoms with van der Waals surface area (Å²) in [5, 5.41) is 2.92. The van der Waals surface area contributed by atoms with Crippen LogP contribution in [0.25, 0.3) is 22.1 Å². The number of nitrogens with one attached hydrogen (secondary N) is 1. The predicted molar refractivity (Wildman–Crippen MR) is 146 cm³/mol. The summed E-state index contributed by atoms with van der Waals surface area (Å²) in [5.74, 6) is 2.45. The van der Waals surface area contributed by atoms with Crippen molar-refractivity contribution in [3.05, 3.63) is 60.8 Å². The molecule has 194 valence electrons. The third-order valence-corrected chi connectivity index (χ3v) is 8.36. The number of fused-ring (bicyclic) bond motifs is 2. The average Bonchev–Trinajstić information content (AvgIpc) is 3.53. The highest BCUT2D eigenvalue weighted by molar-refractivity contribution is 7.91. The molecule has 1 fully saturated rings.